The zero-order valence-electron chi connectivity index (χ0n) is 15.7. The third-order valence-electron chi connectivity index (χ3n) is 5.33. The molecule has 148 valence electrons. The smallest absolute Gasteiger partial charge is 0.328 e. The molecule has 0 aromatic heterocycles. The molecule has 2 unspecified atom stereocenters. The van der Waals surface area contributed by atoms with Crippen LogP contribution in [0.25, 0.3) is 0 Å². The molecule has 1 N–H and O–H groups in total. The zero-order valence-corrected chi connectivity index (χ0v) is 16.5. The maximum absolute atomic E-state index is 13.3. The van der Waals surface area contributed by atoms with Crippen LogP contribution in [0.2, 0.25) is 5.02 Å². The first kappa shape index (κ1) is 18.8. The fraction of sp³-hybridized carbons (Fsp3) is 0.421. The number of imide groups is 1. The Kier molecular flexibility index (Phi) is 4.76. The number of likely N-dealkylation sites (N-methyl/N-ethyl adjacent to an activating group) is 1. The van der Waals surface area contributed by atoms with Gasteiger partial charge in [0.15, 0.2) is 12.2 Å². The number of fused-ring (bicyclic) bond motifs is 3. The van der Waals surface area contributed by atoms with E-state index in [1.807, 2.05) is 41.1 Å². The summed E-state index contributed by atoms with van der Waals surface area (Å²) in [6, 6.07) is 6.19. The number of benzene rings is 1. The highest BCUT2D eigenvalue weighted by Gasteiger charge is 2.54. The molecule has 2 atom stereocenters. The van der Waals surface area contributed by atoms with Gasteiger partial charge in [0.1, 0.15) is 0 Å². The third-order valence-corrected chi connectivity index (χ3v) is 5.70. The standard InChI is InChI=1S/C19H22ClN5O3/c1-12-10-24-15-16(21-18(24)23(12)8-5-9-26)22(2)19(28)25(17(15)27)11-13-6-3-4-7-14(13)20/h3-4,6-7,10,15-16,26H,5,8-9,11H2,1-2H3. The van der Waals surface area contributed by atoms with Crippen molar-refractivity contribution >= 4 is 29.5 Å². The highest BCUT2D eigenvalue weighted by molar-refractivity contribution is 6.31. The van der Waals surface area contributed by atoms with Crippen molar-refractivity contribution in [2.45, 2.75) is 32.1 Å². The molecule has 1 fully saturated rings. The predicted molar refractivity (Wildman–Crippen MR) is 104 cm³/mol. The van der Waals surface area contributed by atoms with Gasteiger partial charge in [-0.1, -0.05) is 29.8 Å². The quantitative estimate of drug-likeness (QED) is 0.808. The van der Waals surface area contributed by atoms with E-state index in [4.69, 9.17) is 16.7 Å². The van der Waals surface area contributed by atoms with Crippen molar-refractivity contribution in [2.24, 2.45) is 4.99 Å². The van der Waals surface area contributed by atoms with E-state index in [1.54, 1.807) is 13.1 Å². The SMILES string of the molecule is CC1=CN2C(=NC3C2C(=O)N(Cc2ccccc2Cl)C(=O)N3C)N1CCCO. The summed E-state index contributed by atoms with van der Waals surface area (Å²) in [5.41, 5.74) is 1.67. The second-order valence-electron chi connectivity index (χ2n) is 7.10. The number of aliphatic imine (C=N–C) groups is 1. The number of carbonyl (C=O) groups is 2. The van der Waals surface area contributed by atoms with Gasteiger partial charge in [0.25, 0.3) is 5.91 Å². The molecule has 0 radical (unpaired) electrons. The molecule has 1 saturated heterocycles. The lowest BCUT2D eigenvalue weighted by atomic mass is 10.1. The van der Waals surface area contributed by atoms with E-state index >= 15 is 0 Å². The second kappa shape index (κ2) is 7.10. The van der Waals surface area contributed by atoms with Gasteiger partial charge in [-0.15, -0.1) is 0 Å². The molecule has 4 rings (SSSR count). The van der Waals surface area contributed by atoms with Gasteiger partial charge in [0, 0.05) is 37.1 Å². The molecular formula is C19H22ClN5O3. The third kappa shape index (κ3) is 2.84. The molecule has 0 saturated carbocycles. The first-order chi connectivity index (χ1) is 13.4. The van der Waals surface area contributed by atoms with Crippen LogP contribution >= 0.6 is 11.6 Å². The van der Waals surface area contributed by atoms with E-state index < -0.39 is 12.2 Å². The lowest BCUT2D eigenvalue weighted by Crippen LogP contribution is -2.63. The summed E-state index contributed by atoms with van der Waals surface area (Å²) < 4.78 is 0. The van der Waals surface area contributed by atoms with Gasteiger partial charge < -0.3 is 19.8 Å². The fourth-order valence-electron chi connectivity index (χ4n) is 3.85. The van der Waals surface area contributed by atoms with Crippen molar-refractivity contribution in [3.63, 3.8) is 0 Å². The minimum Gasteiger partial charge on any atom is -0.396 e. The minimum atomic E-state index is -0.603. The van der Waals surface area contributed by atoms with Crippen LogP contribution in [0.1, 0.15) is 18.9 Å². The molecule has 8 nitrogen and oxygen atoms in total. The Bertz CT molecular complexity index is 886. The van der Waals surface area contributed by atoms with Crippen molar-refractivity contribution in [1.82, 2.24) is 19.6 Å². The van der Waals surface area contributed by atoms with Crippen LogP contribution in [0.4, 0.5) is 4.79 Å². The van der Waals surface area contributed by atoms with E-state index in [2.05, 4.69) is 4.99 Å². The zero-order chi connectivity index (χ0) is 20.0. The van der Waals surface area contributed by atoms with Gasteiger partial charge in [-0.2, -0.15) is 0 Å². The molecule has 1 aromatic rings. The number of amides is 3. The first-order valence-corrected chi connectivity index (χ1v) is 9.56. The van der Waals surface area contributed by atoms with Crippen LogP contribution in [0, 0.1) is 0 Å². The van der Waals surface area contributed by atoms with Gasteiger partial charge >= 0.3 is 6.03 Å². The highest BCUT2D eigenvalue weighted by atomic mass is 35.5. The van der Waals surface area contributed by atoms with Crippen molar-refractivity contribution in [1.29, 1.82) is 0 Å². The maximum Gasteiger partial charge on any atom is 0.328 e. The van der Waals surface area contributed by atoms with Gasteiger partial charge in [0.05, 0.1) is 6.54 Å². The number of carbonyl (C=O) groups excluding carboxylic acids is 2. The molecule has 3 heterocycles. The topological polar surface area (TPSA) is 79.7 Å². The molecule has 3 aliphatic rings. The summed E-state index contributed by atoms with van der Waals surface area (Å²) in [6.45, 7) is 2.73. The summed E-state index contributed by atoms with van der Waals surface area (Å²) in [4.78, 5) is 37.4. The fourth-order valence-corrected chi connectivity index (χ4v) is 4.05. The largest absolute Gasteiger partial charge is 0.396 e. The number of halogens is 1. The highest BCUT2D eigenvalue weighted by Crippen LogP contribution is 2.34. The monoisotopic (exact) mass is 403 g/mol. The van der Waals surface area contributed by atoms with Crippen molar-refractivity contribution in [2.75, 3.05) is 20.2 Å². The summed E-state index contributed by atoms with van der Waals surface area (Å²) in [7, 11) is 1.66. The Morgan fingerprint density at radius 1 is 1.21 bits per heavy atom. The molecule has 3 aliphatic heterocycles. The van der Waals surface area contributed by atoms with E-state index in [0.29, 0.717) is 23.9 Å². The number of aliphatic hydroxyl groups excluding tert-OH is 1. The van der Waals surface area contributed by atoms with Gasteiger partial charge in [-0.3, -0.25) is 9.69 Å². The number of guanidine groups is 1. The van der Waals surface area contributed by atoms with E-state index in [9.17, 15) is 9.59 Å². The Balaban J connectivity index is 1.62. The van der Waals surface area contributed by atoms with E-state index in [1.165, 1.54) is 9.80 Å². The molecular weight excluding hydrogens is 382 g/mol. The first-order valence-electron chi connectivity index (χ1n) is 9.18. The average molecular weight is 404 g/mol. The lowest BCUT2D eigenvalue weighted by molar-refractivity contribution is -0.137. The molecule has 3 amide bonds. The van der Waals surface area contributed by atoms with E-state index in [0.717, 1.165) is 11.3 Å². The number of allylic oxidation sites excluding steroid dienone is 1. The van der Waals surface area contributed by atoms with Crippen molar-refractivity contribution in [3.05, 3.63) is 46.7 Å². The summed E-state index contributed by atoms with van der Waals surface area (Å²) in [5.74, 6) is 0.355. The summed E-state index contributed by atoms with van der Waals surface area (Å²) >= 11 is 6.23. The van der Waals surface area contributed by atoms with Crippen LogP contribution in [-0.2, 0) is 11.3 Å². The molecule has 28 heavy (non-hydrogen) atoms. The van der Waals surface area contributed by atoms with Crippen molar-refractivity contribution in [3.8, 4) is 0 Å². The van der Waals surface area contributed by atoms with Gasteiger partial charge in [-0.05, 0) is 25.0 Å². The normalized spacial score (nSPS) is 23.9. The number of hydrogen-bond donors (Lipinski definition) is 1. The predicted octanol–water partition coefficient (Wildman–Crippen LogP) is 1.66. The lowest BCUT2D eigenvalue weighted by Gasteiger charge is -2.40. The number of aliphatic hydroxyl groups is 1. The maximum atomic E-state index is 13.3. The summed E-state index contributed by atoms with van der Waals surface area (Å²) in [6.07, 6.45) is 1.91. The average Bonchev–Trinajstić information content (AvgIpc) is 3.18. The molecule has 0 bridgehead atoms. The molecule has 0 aliphatic carbocycles. The van der Waals surface area contributed by atoms with Gasteiger partial charge in [-0.25, -0.2) is 9.79 Å². The Labute approximate surface area is 168 Å². The minimum absolute atomic E-state index is 0.0762. The Hall–Kier alpha value is -2.58. The Morgan fingerprint density at radius 3 is 2.68 bits per heavy atom. The van der Waals surface area contributed by atoms with Crippen LogP contribution in [-0.4, -0.2) is 75.0 Å². The summed E-state index contributed by atoms with van der Waals surface area (Å²) in [5, 5.41) is 9.67. The van der Waals surface area contributed by atoms with Gasteiger partial charge in [0.2, 0.25) is 5.96 Å². The van der Waals surface area contributed by atoms with Crippen LogP contribution < -0.4 is 0 Å². The number of hydrogen-bond acceptors (Lipinski definition) is 6. The van der Waals surface area contributed by atoms with Crippen LogP contribution in [0.5, 0.6) is 0 Å². The number of nitrogens with zero attached hydrogens (tertiary/aromatic N) is 5. The second-order valence-corrected chi connectivity index (χ2v) is 7.51. The van der Waals surface area contributed by atoms with E-state index in [-0.39, 0.29) is 25.1 Å². The van der Waals surface area contributed by atoms with Crippen molar-refractivity contribution < 1.29 is 14.7 Å². The molecule has 0 spiro atoms. The van der Waals surface area contributed by atoms with Crippen LogP contribution in [0.15, 0.2) is 41.2 Å². The number of rotatable bonds is 5. The number of urea groups is 1. The Morgan fingerprint density at radius 2 is 1.96 bits per heavy atom. The molecule has 1 aromatic carbocycles. The molecule has 9 heteroatoms. The van der Waals surface area contributed by atoms with Crippen LogP contribution in [0.3, 0.4) is 0 Å².